The molecule has 1 spiro atoms. The van der Waals surface area contributed by atoms with Crippen LogP contribution in [0.2, 0.25) is 0 Å². The molecule has 1 amide bonds. The number of ether oxygens (including phenoxy) is 1. The van der Waals surface area contributed by atoms with Gasteiger partial charge in [0.15, 0.2) is 0 Å². The topological polar surface area (TPSA) is 41.6 Å². The van der Waals surface area contributed by atoms with E-state index in [2.05, 4.69) is 17.4 Å². The van der Waals surface area contributed by atoms with Gasteiger partial charge in [-0.05, 0) is 47.2 Å². The van der Waals surface area contributed by atoms with Crippen molar-refractivity contribution in [2.24, 2.45) is 0 Å². The van der Waals surface area contributed by atoms with Gasteiger partial charge in [0.25, 0.3) is 0 Å². The van der Waals surface area contributed by atoms with E-state index in [4.69, 9.17) is 4.74 Å². The summed E-state index contributed by atoms with van der Waals surface area (Å²) in [6, 6.07) is 22.2. The predicted octanol–water partition coefficient (Wildman–Crippen LogP) is 5.43. The highest BCUT2D eigenvalue weighted by molar-refractivity contribution is 5.78. The van der Waals surface area contributed by atoms with E-state index in [-0.39, 0.29) is 18.1 Å². The highest BCUT2D eigenvalue weighted by Gasteiger charge is 2.43. The molecule has 1 N–H and O–H groups in total. The van der Waals surface area contributed by atoms with E-state index in [1.807, 2.05) is 47.4 Å². The van der Waals surface area contributed by atoms with Crippen LogP contribution in [-0.2, 0) is 27.9 Å². The first-order valence-electron chi connectivity index (χ1n) is 11.8. The van der Waals surface area contributed by atoms with Crippen LogP contribution in [0.4, 0.5) is 13.2 Å². The van der Waals surface area contributed by atoms with E-state index in [0.29, 0.717) is 25.3 Å². The molecule has 35 heavy (non-hydrogen) atoms. The van der Waals surface area contributed by atoms with Crippen LogP contribution >= 0.6 is 0 Å². The van der Waals surface area contributed by atoms with Gasteiger partial charge in [0.05, 0.1) is 30.4 Å². The first-order chi connectivity index (χ1) is 16.9. The standard InChI is InChI=1S/C28H27F3N2O2/c29-28(30,31)23-11-6-10-21(17-23)26(20-7-2-1-3-8-20)32-18-25(34)33-15-13-27(14-16-33)24-12-5-4-9-22(24)19-35-27/h1-12,17,26,32H,13-16,18-19H2. The maximum absolute atomic E-state index is 13.3. The number of piperidine rings is 1. The predicted molar refractivity (Wildman–Crippen MR) is 126 cm³/mol. The fourth-order valence-corrected chi connectivity index (χ4v) is 5.18. The second kappa shape index (κ2) is 9.47. The minimum atomic E-state index is -4.43. The SMILES string of the molecule is O=C(CNC(c1ccccc1)c1cccc(C(F)(F)F)c1)N1CCC2(CC1)OCc1ccccc12. The molecule has 5 rings (SSSR count). The number of nitrogens with one attached hydrogen (secondary N) is 1. The molecule has 0 aromatic heterocycles. The molecule has 1 saturated heterocycles. The molecule has 7 heteroatoms. The maximum atomic E-state index is 13.3. The summed E-state index contributed by atoms with van der Waals surface area (Å²) >= 11 is 0. The van der Waals surface area contributed by atoms with Crippen molar-refractivity contribution in [2.45, 2.75) is 37.3 Å². The van der Waals surface area contributed by atoms with Gasteiger partial charge in [0.1, 0.15) is 0 Å². The number of hydrogen-bond acceptors (Lipinski definition) is 3. The number of benzene rings is 3. The molecule has 3 aromatic carbocycles. The smallest absolute Gasteiger partial charge is 0.365 e. The number of amides is 1. The number of nitrogens with zero attached hydrogens (tertiary/aromatic N) is 1. The number of halogens is 3. The minimum absolute atomic E-state index is 0.0280. The molecule has 2 aliphatic heterocycles. The van der Waals surface area contributed by atoms with Crippen molar-refractivity contribution < 1.29 is 22.7 Å². The highest BCUT2D eigenvalue weighted by atomic mass is 19.4. The van der Waals surface area contributed by atoms with Gasteiger partial charge in [0, 0.05) is 13.1 Å². The van der Waals surface area contributed by atoms with E-state index in [1.54, 1.807) is 6.07 Å². The van der Waals surface area contributed by atoms with Crippen molar-refractivity contribution in [1.82, 2.24) is 10.2 Å². The lowest BCUT2D eigenvalue weighted by molar-refractivity contribution is -0.138. The summed E-state index contributed by atoms with van der Waals surface area (Å²) < 4.78 is 46.1. The maximum Gasteiger partial charge on any atom is 0.416 e. The summed E-state index contributed by atoms with van der Waals surface area (Å²) in [7, 11) is 0. The molecule has 2 aliphatic rings. The molecule has 0 bridgehead atoms. The molecule has 182 valence electrons. The zero-order valence-corrected chi connectivity index (χ0v) is 19.2. The van der Waals surface area contributed by atoms with Crippen molar-refractivity contribution in [2.75, 3.05) is 19.6 Å². The Bertz CT molecular complexity index is 1190. The van der Waals surface area contributed by atoms with Crippen molar-refractivity contribution in [3.63, 3.8) is 0 Å². The lowest BCUT2D eigenvalue weighted by Gasteiger charge is -2.39. The third-order valence-electron chi connectivity index (χ3n) is 7.07. The number of hydrogen-bond donors (Lipinski definition) is 1. The van der Waals surface area contributed by atoms with Crippen molar-refractivity contribution in [3.8, 4) is 0 Å². The molecular weight excluding hydrogens is 453 g/mol. The van der Waals surface area contributed by atoms with E-state index in [0.717, 1.165) is 30.5 Å². The van der Waals surface area contributed by atoms with E-state index in [9.17, 15) is 18.0 Å². The number of rotatable bonds is 5. The van der Waals surface area contributed by atoms with Gasteiger partial charge in [-0.15, -0.1) is 0 Å². The van der Waals surface area contributed by atoms with Crippen LogP contribution in [-0.4, -0.2) is 30.4 Å². The Morgan fingerprint density at radius 1 is 0.943 bits per heavy atom. The molecule has 0 aliphatic carbocycles. The number of likely N-dealkylation sites (tertiary alicyclic amines) is 1. The molecule has 1 fully saturated rings. The average Bonchev–Trinajstić information content (AvgIpc) is 3.23. The molecule has 0 radical (unpaired) electrons. The zero-order valence-electron chi connectivity index (χ0n) is 19.2. The Morgan fingerprint density at radius 3 is 2.37 bits per heavy atom. The van der Waals surface area contributed by atoms with Gasteiger partial charge in [0.2, 0.25) is 5.91 Å². The largest absolute Gasteiger partial charge is 0.416 e. The van der Waals surface area contributed by atoms with Crippen LogP contribution in [0, 0.1) is 0 Å². The van der Waals surface area contributed by atoms with Crippen LogP contribution < -0.4 is 5.32 Å². The quantitative estimate of drug-likeness (QED) is 0.529. The summed E-state index contributed by atoms with van der Waals surface area (Å²) in [5.41, 5.74) is 2.66. The van der Waals surface area contributed by atoms with E-state index >= 15 is 0 Å². The van der Waals surface area contributed by atoms with Gasteiger partial charge >= 0.3 is 6.18 Å². The summed E-state index contributed by atoms with van der Waals surface area (Å²) in [5, 5.41) is 3.21. The summed E-state index contributed by atoms with van der Waals surface area (Å²) in [6.07, 6.45) is -2.98. The molecule has 1 unspecified atom stereocenters. The van der Waals surface area contributed by atoms with Crippen LogP contribution in [0.15, 0.2) is 78.9 Å². The number of carbonyl (C=O) groups is 1. The van der Waals surface area contributed by atoms with Gasteiger partial charge in [-0.3, -0.25) is 10.1 Å². The van der Waals surface area contributed by atoms with Crippen LogP contribution in [0.25, 0.3) is 0 Å². The van der Waals surface area contributed by atoms with Gasteiger partial charge in [-0.1, -0.05) is 66.7 Å². The highest BCUT2D eigenvalue weighted by Crippen LogP contribution is 2.44. The Balaban J connectivity index is 1.28. The van der Waals surface area contributed by atoms with E-state index in [1.165, 1.54) is 17.2 Å². The Kier molecular flexibility index (Phi) is 6.38. The summed E-state index contributed by atoms with van der Waals surface area (Å²) in [4.78, 5) is 14.9. The Hall–Kier alpha value is -3.16. The monoisotopic (exact) mass is 480 g/mol. The van der Waals surface area contributed by atoms with Crippen molar-refractivity contribution in [3.05, 3.63) is 107 Å². The average molecular weight is 481 g/mol. The molecule has 1 atom stereocenters. The summed E-state index contributed by atoms with van der Waals surface area (Å²) in [6.45, 7) is 1.78. The van der Waals surface area contributed by atoms with Gasteiger partial charge in [-0.2, -0.15) is 13.2 Å². The number of fused-ring (bicyclic) bond motifs is 2. The van der Waals surface area contributed by atoms with Crippen molar-refractivity contribution in [1.29, 1.82) is 0 Å². The number of carbonyl (C=O) groups excluding carboxylic acids is 1. The van der Waals surface area contributed by atoms with Gasteiger partial charge in [-0.25, -0.2) is 0 Å². The fraction of sp³-hybridized carbons (Fsp3) is 0.321. The molecular formula is C28H27F3N2O2. The fourth-order valence-electron chi connectivity index (χ4n) is 5.18. The Morgan fingerprint density at radius 2 is 1.63 bits per heavy atom. The molecule has 2 heterocycles. The third-order valence-corrected chi connectivity index (χ3v) is 7.07. The summed E-state index contributed by atoms with van der Waals surface area (Å²) in [5.74, 6) is -0.0703. The van der Waals surface area contributed by atoms with Crippen molar-refractivity contribution >= 4 is 5.91 Å². The lowest BCUT2D eigenvalue weighted by atomic mass is 9.84. The molecule has 4 nitrogen and oxygen atoms in total. The Labute approximate surface area is 202 Å². The third kappa shape index (κ3) is 4.83. The molecule has 3 aromatic rings. The lowest BCUT2D eigenvalue weighted by Crippen LogP contribution is -2.48. The second-order valence-electron chi connectivity index (χ2n) is 9.17. The van der Waals surface area contributed by atoms with Crippen LogP contribution in [0.5, 0.6) is 0 Å². The van der Waals surface area contributed by atoms with Crippen LogP contribution in [0.1, 0.15) is 46.7 Å². The first kappa shape index (κ1) is 23.6. The zero-order chi connectivity index (χ0) is 24.5. The van der Waals surface area contributed by atoms with Crippen LogP contribution in [0.3, 0.4) is 0 Å². The first-order valence-corrected chi connectivity index (χ1v) is 11.8. The number of alkyl halides is 3. The van der Waals surface area contributed by atoms with E-state index < -0.39 is 17.8 Å². The second-order valence-corrected chi connectivity index (χ2v) is 9.17. The minimum Gasteiger partial charge on any atom is -0.365 e. The van der Waals surface area contributed by atoms with Gasteiger partial charge < -0.3 is 9.64 Å². The normalized spacial score (nSPS) is 17.9. The molecule has 0 saturated carbocycles.